The lowest BCUT2D eigenvalue weighted by Gasteiger charge is -2.13. The first-order valence-electron chi connectivity index (χ1n) is 7.35. The van der Waals surface area contributed by atoms with Gasteiger partial charge in [0, 0.05) is 29.4 Å². The summed E-state index contributed by atoms with van der Waals surface area (Å²) in [4.78, 5) is 10.1. The standard InChI is InChI=1S/C16H22N4O2S.HI/c1-5-17-16(19-10-15-18-9-11(2)23-15)20-12-6-7-13(21-3)14(8-12)22-4;/h6-9H,5,10H2,1-4H3,(H2,17,19,20);1H. The third-order valence-corrected chi connectivity index (χ3v) is 3.93. The number of thiazole rings is 1. The molecule has 0 unspecified atom stereocenters. The number of nitrogens with zero attached hydrogens (tertiary/aromatic N) is 2. The number of methoxy groups -OCH3 is 2. The van der Waals surface area contributed by atoms with Gasteiger partial charge in [0.1, 0.15) is 5.01 Å². The molecule has 0 radical (unpaired) electrons. The molecule has 0 spiro atoms. The van der Waals surface area contributed by atoms with Crippen molar-refractivity contribution in [2.75, 3.05) is 26.1 Å². The lowest BCUT2D eigenvalue weighted by atomic mass is 10.3. The minimum absolute atomic E-state index is 0. The summed E-state index contributed by atoms with van der Waals surface area (Å²) in [5, 5.41) is 7.47. The zero-order valence-corrected chi connectivity index (χ0v) is 17.4. The molecule has 0 aliphatic rings. The van der Waals surface area contributed by atoms with E-state index >= 15 is 0 Å². The highest BCUT2D eigenvalue weighted by molar-refractivity contribution is 14.0. The second kappa shape index (κ2) is 10.3. The number of aryl methyl sites for hydroxylation is 1. The van der Waals surface area contributed by atoms with Gasteiger partial charge in [0.2, 0.25) is 0 Å². The van der Waals surface area contributed by atoms with Crippen molar-refractivity contribution >= 4 is 47.0 Å². The molecule has 2 N–H and O–H groups in total. The molecule has 0 saturated heterocycles. The Bertz CT molecular complexity index is 676. The quantitative estimate of drug-likeness (QED) is 0.390. The fraction of sp³-hybridized carbons (Fsp3) is 0.375. The Morgan fingerprint density at radius 1 is 1.25 bits per heavy atom. The van der Waals surface area contributed by atoms with Crippen molar-refractivity contribution in [1.82, 2.24) is 10.3 Å². The van der Waals surface area contributed by atoms with E-state index in [4.69, 9.17) is 9.47 Å². The summed E-state index contributed by atoms with van der Waals surface area (Å²) in [6.45, 7) is 5.38. The maximum absolute atomic E-state index is 5.32. The Morgan fingerprint density at radius 2 is 2.00 bits per heavy atom. The van der Waals surface area contributed by atoms with Crippen LogP contribution in [0.4, 0.5) is 5.69 Å². The maximum Gasteiger partial charge on any atom is 0.196 e. The predicted octanol–water partition coefficient (Wildman–Crippen LogP) is 3.66. The van der Waals surface area contributed by atoms with E-state index < -0.39 is 0 Å². The number of ether oxygens (including phenoxy) is 2. The van der Waals surface area contributed by atoms with E-state index in [-0.39, 0.29) is 24.0 Å². The van der Waals surface area contributed by atoms with E-state index in [2.05, 4.69) is 20.6 Å². The number of aromatic nitrogens is 1. The molecule has 1 aromatic carbocycles. The zero-order chi connectivity index (χ0) is 16.7. The Labute approximate surface area is 163 Å². The molecule has 132 valence electrons. The molecule has 24 heavy (non-hydrogen) atoms. The number of aliphatic imine (C=N–C) groups is 1. The molecule has 0 fully saturated rings. The van der Waals surface area contributed by atoms with Gasteiger partial charge in [-0.25, -0.2) is 9.98 Å². The van der Waals surface area contributed by atoms with Crippen molar-refractivity contribution in [3.05, 3.63) is 34.3 Å². The van der Waals surface area contributed by atoms with Crippen molar-refractivity contribution in [2.24, 2.45) is 4.99 Å². The van der Waals surface area contributed by atoms with Crippen LogP contribution in [0.15, 0.2) is 29.4 Å². The normalized spacial score (nSPS) is 10.8. The van der Waals surface area contributed by atoms with Crippen LogP contribution in [0.2, 0.25) is 0 Å². The summed E-state index contributed by atoms with van der Waals surface area (Å²) >= 11 is 1.65. The second-order valence-corrected chi connectivity index (χ2v) is 6.07. The summed E-state index contributed by atoms with van der Waals surface area (Å²) in [7, 11) is 3.23. The number of hydrogen-bond donors (Lipinski definition) is 2. The van der Waals surface area contributed by atoms with Crippen LogP contribution >= 0.6 is 35.3 Å². The largest absolute Gasteiger partial charge is 0.493 e. The highest BCUT2D eigenvalue weighted by Crippen LogP contribution is 2.29. The zero-order valence-electron chi connectivity index (χ0n) is 14.3. The molecule has 0 aliphatic heterocycles. The highest BCUT2D eigenvalue weighted by atomic mass is 127. The molecule has 0 amide bonds. The number of hydrogen-bond acceptors (Lipinski definition) is 5. The smallest absolute Gasteiger partial charge is 0.196 e. The molecule has 2 rings (SSSR count). The fourth-order valence-corrected chi connectivity index (χ4v) is 2.69. The van der Waals surface area contributed by atoms with Crippen molar-refractivity contribution in [3.8, 4) is 11.5 Å². The number of rotatable bonds is 6. The monoisotopic (exact) mass is 462 g/mol. The minimum atomic E-state index is 0. The van der Waals surface area contributed by atoms with E-state index in [0.717, 1.165) is 17.2 Å². The Balaban J connectivity index is 0.00000288. The topological polar surface area (TPSA) is 67.8 Å². The third kappa shape index (κ3) is 5.82. The van der Waals surface area contributed by atoms with Gasteiger partial charge >= 0.3 is 0 Å². The van der Waals surface area contributed by atoms with Crippen LogP contribution in [0.1, 0.15) is 16.8 Å². The lowest BCUT2D eigenvalue weighted by molar-refractivity contribution is 0.355. The minimum Gasteiger partial charge on any atom is -0.493 e. The second-order valence-electron chi connectivity index (χ2n) is 4.75. The summed E-state index contributed by atoms with van der Waals surface area (Å²) in [5.74, 6) is 2.06. The maximum atomic E-state index is 5.32. The molecule has 0 bridgehead atoms. The molecule has 0 atom stereocenters. The van der Waals surface area contributed by atoms with Gasteiger partial charge in [0.25, 0.3) is 0 Å². The molecular formula is C16H23IN4O2S. The Morgan fingerprint density at radius 3 is 2.58 bits per heavy atom. The van der Waals surface area contributed by atoms with Gasteiger partial charge < -0.3 is 20.1 Å². The van der Waals surface area contributed by atoms with Gasteiger partial charge in [-0.3, -0.25) is 0 Å². The first-order valence-corrected chi connectivity index (χ1v) is 8.16. The van der Waals surface area contributed by atoms with Crippen LogP contribution in [0.5, 0.6) is 11.5 Å². The SMILES string of the molecule is CCNC(=NCc1ncc(C)s1)Nc1ccc(OC)c(OC)c1.I. The first-order chi connectivity index (χ1) is 11.2. The number of halogens is 1. The van der Waals surface area contributed by atoms with Crippen molar-refractivity contribution < 1.29 is 9.47 Å². The van der Waals surface area contributed by atoms with E-state index in [0.29, 0.717) is 24.0 Å². The van der Waals surface area contributed by atoms with Gasteiger partial charge in [-0.15, -0.1) is 35.3 Å². The van der Waals surface area contributed by atoms with Crippen LogP contribution in [-0.2, 0) is 6.54 Å². The Kier molecular flexibility index (Phi) is 8.83. The van der Waals surface area contributed by atoms with Crippen molar-refractivity contribution in [2.45, 2.75) is 20.4 Å². The van der Waals surface area contributed by atoms with Crippen LogP contribution in [0.3, 0.4) is 0 Å². The predicted molar refractivity (Wildman–Crippen MR) is 110 cm³/mol. The van der Waals surface area contributed by atoms with Gasteiger partial charge in [0.15, 0.2) is 17.5 Å². The van der Waals surface area contributed by atoms with Crippen LogP contribution in [-0.4, -0.2) is 31.7 Å². The summed E-state index contributed by atoms with van der Waals surface area (Å²) in [5.41, 5.74) is 0.873. The van der Waals surface area contributed by atoms with Crippen molar-refractivity contribution in [3.63, 3.8) is 0 Å². The molecule has 2 aromatic rings. The summed E-state index contributed by atoms with van der Waals surface area (Å²) in [6, 6.07) is 5.65. The average Bonchev–Trinajstić information content (AvgIpc) is 2.98. The number of guanidine groups is 1. The van der Waals surface area contributed by atoms with E-state index in [1.165, 1.54) is 4.88 Å². The van der Waals surface area contributed by atoms with Gasteiger partial charge in [-0.2, -0.15) is 0 Å². The molecule has 6 nitrogen and oxygen atoms in total. The number of nitrogens with one attached hydrogen (secondary N) is 2. The Hall–Kier alpha value is -1.55. The molecule has 0 aliphatic carbocycles. The van der Waals surface area contributed by atoms with E-state index in [9.17, 15) is 0 Å². The van der Waals surface area contributed by atoms with E-state index in [1.54, 1.807) is 25.6 Å². The van der Waals surface area contributed by atoms with Gasteiger partial charge in [-0.05, 0) is 26.0 Å². The van der Waals surface area contributed by atoms with Crippen LogP contribution in [0, 0.1) is 6.92 Å². The van der Waals surface area contributed by atoms with E-state index in [1.807, 2.05) is 38.2 Å². The molecular weight excluding hydrogens is 439 g/mol. The van der Waals surface area contributed by atoms with Crippen LogP contribution in [0.25, 0.3) is 0 Å². The van der Waals surface area contributed by atoms with Crippen LogP contribution < -0.4 is 20.1 Å². The summed E-state index contributed by atoms with van der Waals surface area (Å²) in [6.07, 6.45) is 1.87. The molecule has 1 heterocycles. The first kappa shape index (κ1) is 20.5. The fourth-order valence-electron chi connectivity index (χ4n) is 1.98. The molecule has 8 heteroatoms. The number of anilines is 1. The average molecular weight is 462 g/mol. The number of benzene rings is 1. The summed E-state index contributed by atoms with van der Waals surface area (Å²) < 4.78 is 10.6. The van der Waals surface area contributed by atoms with Crippen molar-refractivity contribution in [1.29, 1.82) is 0 Å². The van der Waals surface area contributed by atoms with Gasteiger partial charge in [-0.1, -0.05) is 0 Å². The van der Waals surface area contributed by atoms with Gasteiger partial charge in [0.05, 0.1) is 20.8 Å². The molecule has 1 aromatic heterocycles. The molecule has 0 saturated carbocycles. The third-order valence-electron chi connectivity index (χ3n) is 3.03. The highest BCUT2D eigenvalue weighted by Gasteiger charge is 2.06. The lowest BCUT2D eigenvalue weighted by Crippen LogP contribution is -2.30.